The van der Waals surface area contributed by atoms with E-state index in [9.17, 15) is 0 Å². The van der Waals surface area contributed by atoms with Crippen molar-refractivity contribution in [3.05, 3.63) is 44.9 Å². The summed E-state index contributed by atoms with van der Waals surface area (Å²) in [6, 6.07) is 3.91. The maximum Gasteiger partial charge on any atom is 0.140 e. The van der Waals surface area contributed by atoms with Crippen molar-refractivity contribution in [2.24, 2.45) is 0 Å². The number of nitrogens with zero attached hydrogens (tertiary/aromatic N) is 1. The summed E-state index contributed by atoms with van der Waals surface area (Å²) in [6.45, 7) is 6.53. The van der Waals surface area contributed by atoms with Crippen LogP contribution in [0.15, 0.2) is 17.5 Å². The minimum absolute atomic E-state index is 0.0631. The Balaban J connectivity index is 2.14. The molecular formula is C14H17NO2S. The van der Waals surface area contributed by atoms with Gasteiger partial charge in [0.15, 0.2) is 0 Å². The molecule has 3 nitrogen and oxygen atoms in total. The third-order valence-electron chi connectivity index (χ3n) is 2.71. The van der Waals surface area contributed by atoms with Crippen molar-refractivity contribution in [1.82, 2.24) is 4.98 Å². The van der Waals surface area contributed by atoms with E-state index >= 15 is 0 Å². The smallest absolute Gasteiger partial charge is 0.140 e. The topological polar surface area (TPSA) is 42.4 Å². The van der Waals surface area contributed by atoms with Crippen molar-refractivity contribution in [2.75, 3.05) is 0 Å². The van der Waals surface area contributed by atoms with Crippen LogP contribution in [0.1, 0.15) is 27.4 Å². The fourth-order valence-corrected chi connectivity index (χ4v) is 2.64. The molecule has 0 aliphatic rings. The van der Waals surface area contributed by atoms with Gasteiger partial charge in [0.05, 0.1) is 6.61 Å². The molecule has 18 heavy (non-hydrogen) atoms. The molecule has 1 aromatic heterocycles. The molecule has 4 heteroatoms. The van der Waals surface area contributed by atoms with Crippen LogP contribution in [-0.4, -0.2) is 10.1 Å². The van der Waals surface area contributed by atoms with Crippen LogP contribution in [0.2, 0.25) is 0 Å². The second-order valence-electron chi connectivity index (χ2n) is 4.39. The summed E-state index contributed by atoms with van der Waals surface area (Å²) in [7, 11) is 0. The number of hydrogen-bond donors (Lipinski definition) is 1. The zero-order valence-corrected chi connectivity index (χ0v) is 11.7. The van der Waals surface area contributed by atoms with Crippen LogP contribution < -0.4 is 4.74 Å². The summed E-state index contributed by atoms with van der Waals surface area (Å²) in [5.41, 5.74) is 4.05. The summed E-state index contributed by atoms with van der Waals surface area (Å²) in [5.74, 6) is 0.889. The van der Waals surface area contributed by atoms with Crippen LogP contribution in [-0.2, 0) is 13.2 Å². The van der Waals surface area contributed by atoms with Crippen molar-refractivity contribution in [1.29, 1.82) is 0 Å². The predicted molar refractivity (Wildman–Crippen MR) is 73.0 cm³/mol. The van der Waals surface area contributed by atoms with Crippen molar-refractivity contribution < 1.29 is 9.84 Å². The quantitative estimate of drug-likeness (QED) is 0.921. The van der Waals surface area contributed by atoms with Gasteiger partial charge in [-0.15, -0.1) is 11.3 Å². The van der Waals surface area contributed by atoms with Crippen LogP contribution >= 0.6 is 11.3 Å². The molecule has 0 unspecified atom stereocenters. The lowest BCUT2D eigenvalue weighted by Crippen LogP contribution is -2.00. The average Bonchev–Trinajstić information content (AvgIpc) is 2.73. The Hall–Kier alpha value is -1.39. The number of hydrogen-bond acceptors (Lipinski definition) is 4. The number of aromatic nitrogens is 1. The van der Waals surface area contributed by atoms with Gasteiger partial charge >= 0.3 is 0 Å². The van der Waals surface area contributed by atoms with E-state index in [1.165, 1.54) is 0 Å². The molecule has 0 saturated heterocycles. The Bertz CT molecular complexity index is 525. The number of aryl methyl sites for hydroxylation is 3. The van der Waals surface area contributed by atoms with E-state index in [2.05, 4.69) is 4.98 Å². The average molecular weight is 263 g/mol. The van der Waals surface area contributed by atoms with E-state index in [1.54, 1.807) is 11.3 Å². The van der Waals surface area contributed by atoms with E-state index in [1.807, 2.05) is 38.3 Å². The van der Waals surface area contributed by atoms with Crippen molar-refractivity contribution in [3.63, 3.8) is 0 Å². The van der Waals surface area contributed by atoms with E-state index in [0.29, 0.717) is 6.61 Å². The monoisotopic (exact) mass is 263 g/mol. The van der Waals surface area contributed by atoms with Crippen LogP contribution in [0.5, 0.6) is 5.75 Å². The molecule has 96 valence electrons. The van der Waals surface area contributed by atoms with Crippen molar-refractivity contribution in [2.45, 2.75) is 34.0 Å². The SMILES string of the molecule is Cc1csc(COc2c(C)cc(CO)cc2C)n1. The first-order valence-corrected chi connectivity index (χ1v) is 6.73. The molecule has 2 rings (SSSR count). The van der Waals surface area contributed by atoms with Crippen LogP contribution in [0.25, 0.3) is 0 Å². The van der Waals surface area contributed by atoms with Gasteiger partial charge in [0, 0.05) is 11.1 Å². The van der Waals surface area contributed by atoms with Crippen LogP contribution in [0, 0.1) is 20.8 Å². The maximum atomic E-state index is 9.14. The molecule has 0 radical (unpaired) electrons. The first kappa shape index (κ1) is 13.1. The highest BCUT2D eigenvalue weighted by molar-refractivity contribution is 7.09. The fraction of sp³-hybridized carbons (Fsp3) is 0.357. The minimum atomic E-state index is 0.0631. The van der Waals surface area contributed by atoms with Gasteiger partial charge in [-0.2, -0.15) is 0 Å². The Morgan fingerprint density at radius 1 is 1.22 bits per heavy atom. The Labute approximate surface area is 111 Å². The van der Waals surface area contributed by atoms with E-state index in [4.69, 9.17) is 9.84 Å². The lowest BCUT2D eigenvalue weighted by molar-refractivity contribution is 0.280. The van der Waals surface area contributed by atoms with E-state index < -0.39 is 0 Å². The Morgan fingerprint density at radius 2 is 1.89 bits per heavy atom. The molecule has 0 aliphatic carbocycles. The highest BCUT2D eigenvalue weighted by Crippen LogP contribution is 2.26. The van der Waals surface area contributed by atoms with Gasteiger partial charge in [0.2, 0.25) is 0 Å². The summed E-state index contributed by atoms with van der Waals surface area (Å²) < 4.78 is 5.83. The molecule has 1 N–H and O–H groups in total. The maximum absolute atomic E-state index is 9.14. The zero-order valence-electron chi connectivity index (χ0n) is 10.9. The molecule has 0 bridgehead atoms. The number of aliphatic hydroxyl groups is 1. The van der Waals surface area contributed by atoms with Gasteiger partial charge in [-0.1, -0.05) is 12.1 Å². The van der Waals surface area contributed by atoms with E-state index in [0.717, 1.165) is 33.1 Å². The van der Waals surface area contributed by atoms with E-state index in [-0.39, 0.29) is 6.61 Å². The lowest BCUT2D eigenvalue weighted by Gasteiger charge is -2.12. The minimum Gasteiger partial charge on any atom is -0.486 e. The molecule has 2 aromatic rings. The molecule has 1 aromatic carbocycles. The number of ether oxygens (including phenoxy) is 1. The standard InChI is InChI=1S/C14H17NO2S/c1-9-4-12(6-16)5-10(2)14(9)17-7-13-15-11(3)8-18-13/h4-5,8,16H,6-7H2,1-3H3. The third kappa shape index (κ3) is 2.89. The number of rotatable bonds is 4. The van der Waals surface area contributed by atoms with Gasteiger partial charge in [0.1, 0.15) is 17.4 Å². The predicted octanol–water partition coefficient (Wildman–Crippen LogP) is 3.14. The first-order valence-electron chi connectivity index (χ1n) is 5.85. The number of aliphatic hydroxyl groups excluding tert-OH is 1. The van der Waals surface area contributed by atoms with Crippen LogP contribution in [0.3, 0.4) is 0 Å². The van der Waals surface area contributed by atoms with Crippen LogP contribution in [0.4, 0.5) is 0 Å². The van der Waals surface area contributed by atoms with Gasteiger partial charge in [-0.05, 0) is 37.5 Å². The van der Waals surface area contributed by atoms with Gasteiger partial charge in [-0.25, -0.2) is 4.98 Å². The molecule has 0 atom stereocenters. The number of thiazole rings is 1. The molecule has 0 spiro atoms. The fourth-order valence-electron chi connectivity index (χ4n) is 1.96. The summed E-state index contributed by atoms with van der Waals surface area (Å²) >= 11 is 1.61. The van der Waals surface area contributed by atoms with Crippen molar-refractivity contribution >= 4 is 11.3 Å². The molecule has 1 heterocycles. The third-order valence-corrected chi connectivity index (χ3v) is 3.65. The number of benzene rings is 1. The van der Waals surface area contributed by atoms with Gasteiger partial charge < -0.3 is 9.84 Å². The van der Waals surface area contributed by atoms with Gasteiger partial charge in [-0.3, -0.25) is 0 Å². The molecule has 0 aliphatic heterocycles. The second-order valence-corrected chi connectivity index (χ2v) is 5.33. The highest BCUT2D eigenvalue weighted by atomic mass is 32.1. The first-order chi connectivity index (χ1) is 8.60. The Morgan fingerprint density at radius 3 is 2.39 bits per heavy atom. The molecule has 0 amide bonds. The second kappa shape index (κ2) is 5.50. The van der Waals surface area contributed by atoms with Crippen molar-refractivity contribution in [3.8, 4) is 5.75 Å². The summed E-state index contributed by atoms with van der Waals surface area (Å²) in [4.78, 5) is 4.37. The highest BCUT2D eigenvalue weighted by Gasteiger charge is 2.07. The Kier molecular flexibility index (Phi) is 3.99. The molecular weight excluding hydrogens is 246 g/mol. The molecule has 0 fully saturated rings. The summed E-state index contributed by atoms with van der Waals surface area (Å²) in [5, 5.41) is 12.1. The lowest BCUT2D eigenvalue weighted by atomic mass is 10.1. The largest absolute Gasteiger partial charge is 0.486 e. The molecule has 0 saturated carbocycles. The van der Waals surface area contributed by atoms with Gasteiger partial charge in [0.25, 0.3) is 0 Å². The normalized spacial score (nSPS) is 10.7. The summed E-state index contributed by atoms with van der Waals surface area (Å²) in [6.07, 6.45) is 0. The zero-order chi connectivity index (χ0) is 13.1.